The van der Waals surface area contributed by atoms with Crippen molar-refractivity contribution >= 4 is 22.8 Å². The lowest BCUT2D eigenvalue weighted by molar-refractivity contribution is 1.04. The molecule has 116 valence electrons. The van der Waals surface area contributed by atoms with Gasteiger partial charge in [0, 0.05) is 12.6 Å². The molecule has 3 aliphatic rings. The quantitative estimate of drug-likeness (QED) is 0.570. The predicted octanol–water partition coefficient (Wildman–Crippen LogP) is 5.02. The highest BCUT2D eigenvalue weighted by Gasteiger charge is 2.20. The first kappa shape index (κ1) is 13.6. The minimum atomic E-state index is 0.967. The second-order valence-electron chi connectivity index (χ2n) is 6.43. The van der Waals surface area contributed by atoms with E-state index in [1.54, 1.807) is 5.57 Å². The Morgan fingerprint density at radius 2 is 1.75 bits per heavy atom. The van der Waals surface area contributed by atoms with Gasteiger partial charge in [0.15, 0.2) is 0 Å². The van der Waals surface area contributed by atoms with E-state index in [-0.39, 0.29) is 0 Å². The highest BCUT2D eigenvalue weighted by Crippen LogP contribution is 2.38. The van der Waals surface area contributed by atoms with Crippen molar-refractivity contribution in [2.45, 2.75) is 19.3 Å². The molecule has 2 heterocycles. The third-order valence-electron chi connectivity index (χ3n) is 4.96. The molecule has 0 radical (unpaired) electrons. The van der Waals surface area contributed by atoms with Crippen LogP contribution >= 0.6 is 0 Å². The molecule has 2 heteroatoms. The number of rotatable bonds is 0. The summed E-state index contributed by atoms with van der Waals surface area (Å²) in [6, 6.07) is 16.9. The fraction of sp³-hybridized carbons (Fsp3) is 0.136. The van der Waals surface area contributed by atoms with Crippen LogP contribution in [0, 0.1) is 0 Å². The van der Waals surface area contributed by atoms with Crippen LogP contribution in [-0.4, -0.2) is 9.55 Å². The molecule has 0 saturated heterocycles. The number of para-hydroxylation sites is 2. The molecule has 0 fully saturated rings. The third-order valence-corrected chi connectivity index (χ3v) is 4.96. The Hall–Kier alpha value is -2.87. The predicted molar refractivity (Wildman–Crippen MR) is 99.6 cm³/mol. The smallest absolute Gasteiger partial charge is 0.117 e. The lowest BCUT2D eigenvalue weighted by atomic mass is 10.1. The molecule has 2 aromatic carbocycles. The molecular weight excluding hydrogens is 292 g/mol. The molecule has 2 nitrogen and oxygen atoms in total. The molecule has 0 saturated carbocycles. The Morgan fingerprint density at radius 3 is 2.75 bits per heavy atom. The molecule has 1 aromatic heterocycles. The second kappa shape index (κ2) is 5.34. The molecule has 0 spiro atoms. The number of benzene rings is 2. The summed E-state index contributed by atoms with van der Waals surface area (Å²) in [5.74, 6) is 1.15. The maximum absolute atomic E-state index is 4.49. The van der Waals surface area contributed by atoms with Gasteiger partial charge in [-0.1, -0.05) is 60.2 Å². The molecule has 0 atom stereocenters. The fourth-order valence-electron chi connectivity index (χ4n) is 3.83. The van der Waals surface area contributed by atoms with Crippen molar-refractivity contribution in [2.75, 3.05) is 0 Å². The first-order valence-corrected chi connectivity index (χ1v) is 8.49. The van der Waals surface area contributed by atoms with Crippen LogP contribution in [0.1, 0.15) is 23.4 Å². The van der Waals surface area contributed by atoms with Crippen molar-refractivity contribution in [3.63, 3.8) is 0 Å². The summed E-state index contributed by atoms with van der Waals surface area (Å²) in [6.45, 7) is 0. The summed E-state index contributed by atoms with van der Waals surface area (Å²) >= 11 is 0. The van der Waals surface area contributed by atoms with Crippen LogP contribution in [0.15, 0.2) is 72.3 Å². The van der Waals surface area contributed by atoms with Crippen LogP contribution in [-0.2, 0) is 12.8 Å². The average Bonchev–Trinajstić information content (AvgIpc) is 3.35. The SMILES string of the molecule is C1=CC2=C(C1)Cc1ccccc12.C1=Cn2c(nc3ccccc32)C1. The number of nitrogens with zero attached hydrogens (tertiary/aromatic N) is 2. The average molecular weight is 310 g/mol. The zero-order valence-electron chi connectivity index (χ0n) is 13.4. The van der Waals surface area contributed by atoms with E-state index in [1.807, 2.05) is 12.1 Å². The number of hydrogen-bond donors (Lipinski definition) is 0. The van der Waals surface area contributed by atoms with Gasteiger partial charge in [-0.3, -0.25) is 0 Å². The van der Waals surface area contributed by atoms with E-state index < -0.39 is 0 Å². The van der Waals surface area contributed by atoms with E-state index in [9.17, 15) is 0 Å². The Labute approximate surface area is 141 Å². The van der Waals surface area contributed by atoms with Gasteiger partial charge in [-0.15, -0.1) is 0 Å². The Bertz CT molecular complexity index is 1030. The van der Waals surface area contributed by atoms with Gasteiger partial charge in [-0.2, -0.15) is 0 Å². The van der Waals surface area contributed by atoms with Crippen LogP contribution in [0.3, 0.4) is 0 Å². The number of imidazole rings is 1. The van der Waals surface area contributed by atoms with Gasteiger partial charge >= 0.3 is 0 Å². The number of allylic oxidation sites excluding steroid dienone is 5. The fourth-order valence-corrected chi connectivity index (χ4v) is 3.83. The minimum Gasteiger partial charge on any atom is -0.303 e. The number of fused-ring (bicyclic) bond motifs is 5. The zero-order chi connectivity index (χ0) is 15.9. The highest BCUT2D eigenvalue weighted by atomic mass is 15.1. The van der Waals surface area contributed by atoms with Crippen LogP contribution in [0.25, 0.3) is 22.8 Å². The maximum Gasteiger partial charge on any atom is 0.117 e. The van der Waals surface area contributed by atoms with Gasteiger partial charge in [0.1, 0.15) is 5.82 Å². The third kappa shape index (κ3) is 2.07. The molecule has 0 bridgehead atoms. The van der Waals surface area contributed by atoms with Crippen molar-refractivity contribution < 1.29 is 0 Å². The van der Waals surface area contributed by atoms with Gasteiger partial charge in [-0.25, -0.2) is 4.98 Å². The topological polar surface area (TPSA) is 17.8 Å². The lowest BCUT2D eigenvalue weighted by Gasteiger charge is -1.98. The van der Waals surface area contributed by atoms with Crippen LogP contribution in [0.2, 0.25) is 0 Å². The largest absolute Gasteiger partial charge is 0.303 e. The number of aromatic nitrogens is 2. The summed E-state index contributed by atoms with van der Waals surface area (Å²) in [4.78, 5) is 4.49. The minimum absolute atomic E-state index is 0.967. The second-order valence-corrected chi connectivity index (χ2v) is 6.43. The van der Waals surface area contributed by atoms with Gasteiger partial charge in [-0.05, 0) is 41.7 Å². The highest BCUT2D eigenvalue weighted by molar-refractivity contribution is 5.85. The Kier molecular flexibility index (Phi) is 3.02. The monoisotopic (exact) mass is 310 g/mol. The first-order valence-electron chi connectivity index (χ1n) is 8.49. The van der Waals surface area contributed by atoms with Gasteiger partial charge in [0.25, 0.3) is 0 Å². The Morgan fingerprint density at radius 1 is 0.875 bits per heavy atom. The zero-order valence-corrected chi connectivity index (χ0v) is 13.4. The van der Waals surface area contributed by atoms with E-state index in [1.165, 1.54) is 35.1 Å². The molecule has 1 aliphatic heterocycles. The molecule has 0 amide bonds. The van der Waals surface area contributed by atoms with Crippen molar-refractivity contribution in [3.8, 4) is 0 Å². The van der Waals surface area contributed by atoms with E-state index in [0.717, 1.165) is 17.8 Å². The molecular formula is C22H18N2. The summed E-state index contributed by atoms with van der Waals surface area (Å²) in [5, 5.41) is 0. The van der Waals surface area contributed by atoms with E-state index in [0.29, 0.717) is 0 Å². The summed E-state index contributed by atoms with van der Waals surface area (Å²) in [5.41, 5.74) is 8.37. The summed E-state index contributed by atoms with van der Waals surface area (Å²) < 4.78 is 2.15. The molecule has 2 aliphatic carbocycles. The molecule has 6 rings (SSSR count). The first-order chi connectivity index (χ1) is 11.9. The van der Waals surface area contributed by atoms with Crippen molar-refractivity contribution in [2.24, 2.45) is 0 Å². The van der Waals surface area contributed by atoms with Gasteiger partial charge in [0.05, 0.1) is 11.0 Å². The van der Waals surface area contributed by atoms with E-state index in [4.69, 9.17) is 0 Å². The maximum atomic E-state index is 4.49. The number of hydrogen-bond acceptors (Lipinski definition) is 1. The van der Waals surface area contributed by atoms with E-state index in [2.05, 4.69) is 70.4 Å². The molecule has 24 heavy (non-hydrogen) atoms. The lowest BCUT2D eigenvalue weighted by Crippen LogP contribution is -1.86. The van der Waals surface area contributed by atoms with Crippen molar-refractivity contribution in [1.29, 1.82) is 0 Å². The normalized spacial score (nSPS) is 16.2. The van der Waals surface area contributed by atoms with Gasteiger partial charge < -0.3 is 4.57 Å². The molecule has 0 unspecified atom stereocenters. The summed E-state index contributed by atoms with van der Waals surface area (Å²) in [6.07, 6.45) is 12.1. The summed E-state index contributed by atoms with van der Waals surface area (Å²) in [7, 11) is 0. The standard InChI is InChI=1S/C12H10.C10H8N2/c1-2-6-11-9(4-1)8-10-5-3-7-12(10)11;1-2-5-9-8(4-1)11-10-6-3-7-12(9)10/h1-4,6-7H,5,8H2;1-5,7H,6H2. The van der Waals surface area contributed by atoms with Gasteiger partial charge in [0.2, 0.25) is 0 Å². The van der Waals surface area contributed by atoms with Crippen LogP contribution < -0.4 is 0 Å². The van der Waals surface area contributed by atoms with E-state index >= 15 is 0 Å². The van der Waals surface area contributed by atoms with Crippen LogP contribution in [0.4, 0.5) is 0 Å². The van der Waals surface area contributed by atoms with Crippen molar-refractivity contribution in [1.82, 2.24) is 9.55 Å². The van der Waals surface area contributed by atoms with Crippen molar-refractivity contribution in [3.05, 3.63) is 89.3 Å². The van der Waals surface area contributed by atoms with Crippen LogP contribution in [0.5, 0.6) is 0 Å². The Balaban J connectivity index is 0.000000109. The molecule has 3 aromatic rings. The molecule has 0 N–H and O–H groups in total.